The Labute approximate surface area is 208 Å². The molecule has 37 heavy (non-hydrogen) atoms. The third-order valence-electron chi connectivity index (χ3n) is 5.02. The summed E-state index contributed by atoms with van der Waals surface area (Å²) in [4.78, 5) is 36.8. The summed E-state index contributed by atoms with van der Waals surface area (Å²) in [6.07, 6.45) is 0.651. The normalized spacial score (nSPS) is 13.9. The molecule has 1 aliphatic heterocycles. The molecule has 200 valence electrons. The lowest BCUT2D eigenvalue weighted by molar-refractivity contribution is -0.192. The number of carboxylic acids is 1. The van der Waals surface area contributed by atoms with Crippen molar-refractivity contribution >= 4 is 29.2 Å². The minimum atomic E-state index is -5.08. The SMILES string of the molecule is CCOc1nc(N2CCCNCC2)ncc1C(=O)Nc1cc(F)c2nc(C)cn2c1.O=C(O)C(F)(F)F. The van der Waals surface area contributed by atoms with E-state index in [4.69, 9.17) is 14.6 Å². The van der Waals surface area contributed by atoms with E-state index in [1.807, 2.05) is 6.92 Å². The van der Waals surface area contributed by atoms with E-state index in [1.54, 1.807) is 19.3 Å². The number of carboxylic acid groups (broad SMARTS) is 1. The number of nitrogens with zero attached hydrogens (tertiary/aromatic N) is 5. The van der Waals surface area contributed by atoms with Gasteiger partial charge in [-0.3, -0.25) is 4.79 Å². The molecule has 0 unspecified atom stereocenters. The molecule has 0 aliphatic carbocycles. The van der Waals surface area contributed by atoms with Crippen LogP contribution in [0.4, 0.5) is 29.2 Å². The number of carbonyl (C=O) groups excluding carboxylic acids is 1. The number of nitrogens with one attached hydrogen (secondary N) is 2. The van der Waals surface area contributed by atoms with Crippen molar-refractivity contribution in [1.82, 2.24) is 24.7 Å². The molecule has 1 aliphatic rings. The van der Waals surface area contributed by atoms with E-state index in [-0.39, 0.29) is 17.1 Å². The second kappa shape index (κ2) is 11.8. The summed E-state index contributed by atoms with van der Waals surface area (Å²) in [5.41, 5.74) is 1.38. The summed E-state index contributed by atoms with van der Waals surface area (Å²) in [6.45, 7) is 7.36. The number of amides is 1. The molecule has 3 N–H and O–H groups in total. The van der Waals surface area contributed by atoms with Gasteiger partial charge in [-0.1, -0.05) is 0 Å². The van der Waals surface area contributed by atoms with Gasteiger partial charge < -0.3 is 29.8 Å². The van der Waals surface area contributed by atoms with Gasteiger partial charge in [0.1, 0.15) is 5.56 Å². The van der Waals surface area contributed by atoms with Crippen LogP contribution < -0.4 is 20.3 Å². The summed E-state index contributed by atoms with van der Waals surface area (Å²) in [7, 11) is 0. The van der Waals surface area contributed by atoms with Gasteiger partial charge in [0.15, 0.2) is 11.5 Å². The van der Waals surface area contributed by atoms with Crippen LogP contribution >= 0.6 is 0 Å². The van der Waals surface area contributed by atoms with Gasteiger partial charge in [0.25, 0.3) is 5.91 Å². The predicted octanol–water partition coefficient (Wildman–Crippen LogP) is 2.66. The number of pyridine rings is 1. The Balaban J connectivity index is 0.000000479. The smallest absolute Gasteiger partial charge is 0.477 e. The Bertz CT molecular complexity index is 1260. The van der Waals surface area contributed by atoms with Crippen LogP contribution in [0.3, 0.4) is 0 Å². The van der Waals surface area contributed by atoms with Gasteiger partial charge in [-0.25, -0.2) is 19.2 Å². The molecule has 4 heterocycles. The summed E-state index contributed by atoms with van der Waals surface area (Å²) in [6, 6.07) is 1.24. The maximum Gasteiger partial charge on any atom is 0.490 e. The van der Waals surface area contributed by atoms with Gasteiger partial charge in [-0.2, -0.15) is 18.2 Å². The van der Waals surface area contributed by atoms with E-state index < -0.39 is 23.9 Å². The highest BCUT2D eigenvalue weighted by molar-refractivity contribution is 6.05. The standard InChI is InChI=1S/C20H24FN7O2.C2HF3O2/c1-3-30-19-15(10-23-20(26-19)27-7-4-5-22-6-8-27)18(29)25-14-9-16(21)17-24-13(2)11-28(17)12-14;3-2(4,5)1(6)7/h9-12,22H,3-8H2,1-2H3,(H,25,29);(H,6,7). The lowest BCUT2D eigenvalue weighted by atomic mass is 10.3. The number of hydrogen-bond donors (Lipinski definition) is 3. The van der Waals surface area contributed by atoms with Crippen molar-refractivity contribution in [2.75, 3.05) is 43.0 Å². The molecule has 0 saturated carbocycles. The van der Waals surface area contributed by atoms with E-state index in [9.17, 15) is 22.4 Å². The monoisotopic (exact) mass is 527 g/mol. The van der Waals surface area contributed by atoms with Crippen molar-refractivity contribution in [2.45, 2.75) is 26.4 Å². The number of imidazole rings is 1. The van der Waals surface area contributed by atoms with Gasteiger partial charge in [0, 0.05) is 44.3 Å². The quantitative estimate of drug-likeness (QED) is 0.428. The number of fused-ring (bicyclic) bond motifs is 1. The highest BCUT2D eigenvalue weighted by Gasteiger charge is 2.38. The van der Waals surface area contributed by atoms with Crippen molar-refractivity contribution in [3.63, 3.8) is 0 Å². The molecule has 3 aromatic heterocycles. The molecule has 1 amide bonds. The summed E-state index contributed by atoms with van der Waals surface area (Å²) >= 11 is 0. The zero-order valence-corrected chi connectivity index (χ0v) is 20.0. The van der Waals surface area contributed by atoms with Crippen LogP contribution in [-0.4, -0.2) is 75.3 Å². The highest BCUT2D eigenvalue weighted by atomic mass is 19.4. The number of aromatic nitrogens is 4. The molecule has 1 fully saturated rings. The van der Waals surface area contributed by atoms with Crippen LogP contribution in [0, 0.1) is 12.7 Å². The topological polar surface area (TPSA) is 134 Å². The van der Waals surface area contributed by atoms with E-state index >= 15 is 0 Å². The molecule has 0 spiro atoms. The highest BCUT2D eigenvalue weighted by Crippen LogP contribution is 2.22. The van der Waals surface area contributed by atoms with Crippen LogP contribution in [0.2, 0.25) is 0 Å². The fraction of sp³-hybridized carbons (Fsp3) is 0.409. The second-order valence-electron chi connectivity index (χ2n) is 7.86. The number of rotatable bonds is 5. The number of halogens is 4. The first-order valence-electron chi connectivity index (χ1n) is 11.2. The van der Waals surface area contributed by atoms with Gasteiger partial charge in [-0.15, -0.1) is 0 Å². The summed E-state index contributed by atoms with van der Waals surface area (Å²) in [5, 5.41) is 13.2. The largest absolute Gasteiger partial charge is 0.490 e. The van der Waals surface area contributed by atoms with Gasteiger partial charge in [0.2, 0.25) is 11.8 Å². The molecule has 0 aromatic carbocycles. The molecular weight excluding hydrogens is 502 g/mol. The Morgan fingerprint density at radius 1 is 1.22 bits per heavy atom. The Hall–Kier alpha value is -4.01. The van der Waals surface area contributed by atoms with Crippen molar-refractivity contribution in [3.8, 4) is 5.88 Å². The zero-order valence-electron chi connectivity index (χ0n) is 20.0. The van der Waals surface area contributed by atoms with Crippen LogP contribution in [0.25, 0.3) is 5.65 Å². The molecule has 11 nitrogen and oxygen atoms in total. The van der Waals surface area contributed by atoms with Gasteiger partial charge in [-0.05, 0) is 26.8 Å². The van der Waals surface area contributed by atoms with Crippen molar-refractivity contribution in [3.05, 3.63) is 41.7 Å². The first-order chi connectivity index (χ1) is 17.5. The third kappa shape index (κ3) is 7.25. The number of alkyl halides is 3. The maximum absolute atomic E-state index is 14.3. The number of aliphatic carboxylic acids is 1. The molecule has 1 saturated heterocycles. The minimum Gasteiger partial charge on any atom is -0.477 e. The molecule has 0 bridgehead atoms. The van der Waals surface area contributed by atoms with Crippen LogP contribution in [0.5, 0.6) is 5.88 Å². The minimum absolute atomic E-state index is 0.191. The van der Waals surface area contributed by atoms with E-state index in [2.05, 4.69) is 30.5 Å². The molecule has 15 heteroatoms. The molecule has 0 atom stereocenters. The van der Waals surface area contributed by atoms with E-state index in [0.29, 0.717) is 23.9 Å². The van der Waals surface area contributed by atoms with Crippen molar-refractivity contribution in [2.24, 2.45) is 0 Å². The van der Waals surface area contributed by atoms with E-state index in [0.717, 1.165) is 32.6 Å². The Morgan fingerprint density at radius 3 is 2.62 bits per heavy atom. The number of carbonyl (C=O) groups is 2. The fourth-order valence-corrected chi connectivity index (χ4v) is 3.40. The number of hydrogen-bond acceptors (Lipinski definition) is 8. The van der Waals surface area contributed by atoms with Gasteiger partial charge >= 0.3 is 12.1 Å². The molecule has 0 radical (unpaired) electrons. The molecular formula is C22H25F4N7O4. The number of anilines is 2. The predicted molar refractivity (Wildman–Crippen MR) is 124 cm³/mol. The van der Waals surface area contributed by atoms with Crippen LogP contribution in [-0.2, 0) is 4.79 Å². The average Bonchev–Trinajstić information content (AvgIpc) is 3.02. The average molecular weight is 527 g/mol. The Kier molecular flexibility index (Phi) is 8.81. The maximum atomic E-state index is 14.3. The molecule has 4 rings (SSSR count). The van der Waals surface area contributed by atoms with Crippen molar-refractivity contribution < 1.29 is 37.0 Å². The summed E-state index contributed by atoms with van der Waals surface area (Å²) in [5.74, 6) is -3.02. The summed E-state index contributed by atoms with van der Waals surface area (Å²) < 4.78 is 53.2. The first-order valence-corrected chi connectivity index (χ1v) is 11.2. The van der Waals surface area contributed by atoms with Crippen LogP contribution in [0.1, 0.15) is 29.4 Å². The third-order valence-corrected chi connectivity index (χ3v) is 5.02. The zero-order chi connectivity index (χ0) is 27.2. The van der Waals surface area contributed by atoms with Crippen LogP contribution in [0.15, 0.2) is 24.7 Å². The first kappa shape index (κ1) is 27.6. The second-order valence-corrected chi connectivity index (χ2v) is 7.86. The van der Waals surface area contributed by atoms with Gasteiger partial charge in [0.05, 0.1) is 18.0 Å². The molecule has 3 aromatic rings. The Morgan fingerprint density at radius 2 is 1.95 bits per heavy atom. The lowest BCUT2D eigenvalue weighted by Gasteiger charge is -2.20. The van der Waals surface area contributed by atoms with Crippen molar-refractivity contribution in [1.29, 1.82) is 0 Å². The van der Waals surface area contributed by atoms with E-state index in [1.165, 1.54) is 16.7 Å². The lowest BCUT2D eigenvalue weighted by Crippen LogP contribution is -2.30. The number of ether oxygens (including phenoxy) is 1. The fourth-order valence-electron chi connectivity index (χ4n) is 3.40. The number of aryl methyl sites for hydroxylation is 1.